The van der Waals surface area contributed by atoms with E-state index in [4.69, 9.17) is 10.6 Å². The minimum atomic E-state index is -0.708. The predicted molar refractivity (Wildman–Crippen MR) is 72.6 cm³/mol. The van der Waals surface area contributed by atoms with E-state index < -0.39 is 6.09 Å². The maximum atomic E-state index is 11.3. The minimum Gasteiger partial charge on any atom is -0.409 e. The van der Waals surface area contributed by atoms with Crippen molar-refractivity contribution in [3.63, 3.8) is 0 Å². The number of rotatable bonds is 1. The maximum absolute atomic E-state index is 11.3. The molecule has 0 atom stereocenters. The molecule has 0 fully saturated rings. The number of amides is 1. The van der Waals surface area contributed by atoms with Crippen LogP contribution in [0.3, 0.4) is 0 Å². The molecular formula is C14H11N3O2. The molecule has 94 valence electrons. The summed E-state index contributed by atoms with van der Waals surface area (Å²) in [5, 5.41) is 2.76. The van der Waals surface area contributed by atoms with E-state index in [9.17, 15) is 4.79 Å². The van der Waals surface area contributed by atoms with Crippen molar-refractivity contribution in [3.05, 3.63) is 48.7 Å². The second-order valence-corrected chi connectivity index (χ2v) is 4.03. The van der Waals surface area contributed by atoms with E-state index in [1.807, 2.05) is 35.8 Å². The van der Waals surface area contributed by atoms with Crippen LogP contribution in [0.5, 0.6) is 5.75 Å². The van der Waals surface area contributed by atoms with E-state index >= 15 is 0 Å². The normalized spacial score (nSPS) is 10.6. The summed E-state index contributed by atoms with van der Waals surface area (Å²) in [4.78, 5) is 15.6. The molecule has 0 bridgehead atoms. The summed E-state index contributed by atoms with van der Waals surface area (Å²) >= 11 is 0. The van der Waals surface area contributed by atoms with Crippen molar-refractivity contribution >= 4 is 27.8 Å². The van der Waals surface area contributed by atoms with E-state index in [0.29, 0.717) is 5.75 Å². The van der Waals surface area contributed by atoms with Crippen LogP contribution in [0.15, 0.2) is 48.7 Å². The number of nitrogens with one attached hydrogen (secondary N) is 1. The van der Waals surface area contributed by atoms with Gasteiger partial charge >= 0.3 is 6.09 Å². The largest absolute Gasteiger partial charge is 0.426 e. The SMILES string of the molecule is NNC(=O)Oc1cccc2ncc3ccccc3c12. The zero-order valence-electron chi connectivity index (χ0n) is 9.96. The van der Waals surface area contributed by atoms with Crippen LogP contribution >= 0.6 is 0 Å². The number of aromatic nitrogens is 1. The van der Waals surface area contributed by atoms with Gasteiger partial charge in [-0.3, -0.25) is 10.4 Å². The molecule has 0 aliphatic carbocycles. The van der Waals surface area contributed by atoms with E-state index in [-0.39, 0.29) is 0 Å². The standard InChI is InChI=1S/C14H11N3O2/c15-17-14(18)19-12-7-3-6-11-13(12)10-5-2-1-4-9(10)8-16-11/h1-8H,15H2,(H,17,18). The topological polar surface area (TPSA) is 77.2 Å². The third-order valence-electron chi connectivity index (χ3n) is 2.90. The first-order chi connectivity index (χ1) is 9.29. The summed E-state index contributed by atoms with van der Waals surface area (Å²) in [7, 11) is 0. The highest BCUT2D eigenvalue weighted by atomic mass is 16.6. The van der Waals surface area contributed by atoms with Crippen LogP contribution in [0.25, 0.3) is 21.7 Å². The number of hydrazine groups is 1. The van der Waals surface area contributed by atoms with Crippen LogP contribution in [-0.4, -0.2) is 11.1 Å². The third kappa shape index (κ3) is 1.96. The van der Waals surface area contributed by atoms with Gasteiger partial charge in [0.25, 0.3) is 0 Å². The fraction of sp³-hybridized carbons (Fsp3) is 0. The molecule has 1 heterocycles. The molecule has 0 aliphatic heterocycles. The van der Waals surface area contributed by atoms with Crippen molar-refractivity contribution in [2.75, 3.05) is 0 Å². The highest BCUT2D eigenvalue weighted by Crippen LogP contribution is 2.31. The van der Waals surface area contributed by atoms with Gasteiger partial charge in [0, 0.05) is 11.6 Å². The van der Waals surface area contributed by atoms with Crippen LogP contribution in [0, 0.1) is 0 Å². The average Bonchev–Trinajstić information content (AvgIpc) is 2.47. The lowest BCUT2D eigenvalue weighted by atomic mass is 10.1. The minimum absolute atomic E-state index is 0.435. The highest BCUT2D eigenvalue weighted by molar-refractivity contribution is 6.09. The Morgan fingerprint density at radius 1 is 1.16 bits per heavy atom. The van der Waals surface area contributed by atoms with Crippen LogP contribution < -0.4 is 16.0 Å². The maximum Gasteiger partial charge on any atom is 0.426 e. The van der Waals surface area contributed by atoms with Crippen LogP contribution in [-0.2, 0) is 0 Å². The molecule has 2 aromatic carbocycles. The summed E-state index contributed by atoms with van der Waals surface area (Å²) in [6.07, 6.45) is 1.09. The molecule has 19 heavy (non-hydrogen) atoms. The van der Waals surface area contributed by atoms with E-state index in [1.54, 1.807) is 18.3 Å². The molecule has 0 spiro atoms. The first-order valence-corrected chi connectivity index (χ1v) is 5.74. The number of hydrogen-bond acceptors (Lipinski definition) is 4. The van der Waals surface area contributed by atoms with Gasteiger partial charge in [-0.15, -0.1) is 0 Å². The van der Waals surface area contributed by atoms with Crippen LogP contribution in [0.2, 0.25) is 0 Å². The number of benzene rings is 2. The molecule has 0 unspecified atom stereocenters. The number of fused-ring (bicyclic) bond motifs is 3. The van der Waals surface area contributed by atoms with E-state index in [2.05, 4.69) is 4.98 Å². The van der Waals surface area contributed by atoms with Gasteiger partial charge in [-0.05, 0) is 17.5 Å². The molecule has 5 heteroatoms. The van der Waals surface area contributed by atoms with Crippen molar-refractivity contribution < 1.29 is 9.53 Å². The average molecular weight is 253 g/mol. The molecule has 0 saturated heterocycles. The summed E-state index contributed by atoms with van der Waals surface area (Å²) in [6, 6.07) is 13.2. The number of hydrogen-bond donors (Lipinski definition) is 2. The first kappa shape index (κ1) is 11.4. The number of carbonyl (C=O) groups excluding carboxylic acids is 1. The van der Waals surface area contributed by atoms with Gasteiger partial charge in [0.1, 0.15) is 5.75 Å². The van der Waals surface area contributed by atoms with E-state index in [1.165, 1.54) is 0 Å². The molecule has 1 aromatic heterocycles. The predicted octanol–water partition coefficient (Wildman–Crippen LogP) is 2.35. The fourth-order valence-corrected chi connectivity index (χ4v) is 2.09. The second kappa shape index (κ2) is 4.55. The molecule has 1 amide bonds. The Morgan fingerprint density at radius 3 is 2.84 bits per heavy atom. The van der Waals surface area contributed by atoms with Crippen molar-refractivity contribution in [2.24, 2.45) is 5.84 Å². The monoisotopic (exact) mass is 253 g/mol. The molecule has 0 radical (unpaired) electrons. The van der Waals surface area contributed by atoms with Crippen molar-refractivity contribution in [1.29, 1.82) is 0 Å². The summed E-state index contributed by atoms with van der Waals surface area (Å²) in [5.41, 5.74) is 2.71. The summed E-state index contributed by atoms with van der Waals surface area (Å²) in [5.74, 6) is 5.47. The first-order valence-electron chi connectivity index (χ1n) is 5.74. The van der Waals surface area contributed by atoms with E-state index in [0.717, 1.165) is 21.7 Å². The molecule has 3 N–H and O–H groups in total. The molecule has 3 aromatic rings. The zero-order valence-corrected chi connectivity index (χ0v) is 9.96. The smallest absolute Gasteiger partial charge is 0.409 e. The summed E-state index contributed by atoms with van der Waals surface area (Å²) < 4.78 is 5.17. The van der Waals surface area contributed by atoms with Crippen molar-refractivity contribution in [3.8, 4) is 5.75 Å². The van der Waals surface area contributed by atoms with Gasteiger partial charge in [-0.1, -0.05) is 30.3 Å². The van der Waals surface area contributed by atoms with Gasteiger partial charge in [-0.2, -0.15) is 0 Å². The lowest BCUT2D eigenvalue weighted by molar-refractivity contribution is 0.201. The zero-order chi connectivity index (χ0) is 13.2. The van der Waals surface area contributed by atoms with Crippen molar-refractivity contribution in [1.82, 2.24) is 10.4 Å². The Kier molecular flexibility index (Phi) is 2.74. The molecular weight excluding hydrogens is 242 g/mol. The van der Waals surface area contributed by atoms with Crippen molar-refractivity contribution in [2.45, 2.75) is 0 Å². The van der Waals surface area contributed by atoms with Crippen LogP contribution in [0.1, 0.15) is 0 Å². The molecule has 3 rings (SSSR count). The highest BCUT2D eigenvalue weighted by Gasteiger charge is 2.10. The Bertz CT molecular complexity index is 771. The van der Waals surface area contributed by atoms with Gasteiger partial charge < -0.3 is 4.74 Å². The Hall–Kier alpha value is -2.66. The van der Waals surface area contributed by atoms with Gasteiger partial charge in [0.2, 0.25) is 0 Å². The van der Waals surface area contributed by atoms with Gasteiger partial charge in [0.15, 0.2) is 0 Å². The number of ether oxygens (including phenoxy) is 1. The number of pyridine rings is 1. The lowest BCUT2D eigenvalue weighted by Gasteiger charge is -2.09. The summed E-state index contributed by atoms with van der Waals surface area (Å²) in [6.45, 7) is 0. The Labute approximate surface area is 109 Å². The molecule has 5 nitrogen and oxygen atoms in total. The molecule has 0 saturated carbocycles. The van der Waals surface area contributed by atoms with Gasteiger partial charge in [-0.25, -0.2) is 10.6 Å². The second-order valence-electron chi connectivity index (χ2n) is 4.03. The Balaban J connectivity index is 2.32. The fourth-order valence-electron chi connectivity index (χ4n) is 2.09. The number of nitrogens with two attached hydrogens (primary N) is 1. The quantitative estimate of drug-likeness (QED) is 0.302. The van der Waals surface area contributed by atoms with Gasteiger partial charge in [0.05, 0.1) is 10.9 Å². The lowest BCUT2D eigenvalue weighted by Crippen LogP contribution is -2.32. The third-order valence-corrected chi connectivity index (χ3v) is 2.90. The van der Waals surface area contributed by atoms with Crippen LogP contribution in [0.4, 0.5) is 4.79 Å². The molecule has 0 aliphatic rings. The Morgan fingerprint density at radius 2 is 2.00 bits per heavy atom. The number of nitrogens with zero attached hydrogens (tertiary/aromatic N) is 1. The number of carbonyl (C=O) groups is 1.